The number of anilines is 1. The maximum atomic E-state index is 11.1. The van der Waals surface area contributed by atoms with E-state index in [2.05, 4.69) is 20.3 Å². The molecule has 66 valence electrons. The minimum atomic E-state index is -0.256. The van der Waals surface area contributed by atoms with Crippen LogP contribution in [0.5, 0.6) is 0 Å². The lowest BCUT2D eigenvalue weighted by Crippen LogP contribution is -2.35. The summed E-state index contributed by atoms with van der Waals surface area (Å²) in [5.74, 6) is 0.425. The van der Waals surface area contributed by atoms with Gasteiger partial charge in [0.1, 0.15) is 5.69 Å². The van der Waals surface area contributed by atoms with Crippen molar-refractivity contribution in [3.8, 4) is 0 Å². The van der Waals surface area contributed by atoms with Crippen molar-refractivity contribution in [2.45, 2.75) is 6.92 Å². The normalized spacial score (nSPS) is 9.58. The zero-order valence-corrected chi connectivity index (χ0v) is 7.16. The van der Waals surface area contributed by atoms with E-state index in [1.165, 1.54) is 4.90 Å². The topological polar surface area (TPSA) is 71.3 Å². The molecular formula is C6H10N4O2. The summed E-state index contributed by atoms with van der Waals surface area (Å²) >= 11 is 0. The van der Waals surface area contributed by atoms with Gasteiger partial charge >= 0.3 is 6.03 Å². The predicted molar refractivity (Wildman–Crippen MR) is 41.9 cm³/mol. The van der Waals surface area contributed by atoms with Crippen molar-refractivity contribution in [1.82, 2.24) is 15.6 Å². The smallest absolute Gasteiger partial charge is 0.322 e. The third kappa shape index (κ3) is 1.36. The Morgan fingerprint density at radius 1 is 1.58 bits per heavy atom. The zero-order chi connectivity index (χ0) is 9.14. The Morgan fingerprint density at radius 3 is 2.67 bits per heavy atom. The minimum Gasteiger partial charge on any atom is -0.341 e. The summed E-state index contributed by atoms with van der Waals surface area (Å²) < 4.78 is 4.44. The van der Waals surface area contributed by atoms with Gasteiger partial charge in [-0.2, -0.15) is 0 Å². The third-order valence-electron chi connectivity index (χ3n) is 1.46. The van der Waals surface area contributed by atoms with E-state index in [4.69, 9.17) is 0 Å². The highest BCUT2D eigenvalue weighted by molar-refractivity contribution is 5.90. The van der Waals surface area contributed by atoms with Crippen LogP contribution in [-0.2, 0) is 0 Å². The number of urea groups is 1. The van der Waals surface area contributed by atoms with Crippen molar-refractivity contribution in [3.63, 3.8) is 0 Å². The first-order chi connectivity index (χ1) is 5.66. The Labute approximate surface area is 69.5 Å². The Balaban J connectivity index is 2.84. The predicted octanol–water partition coefficient (Wildman–Crippen LogP) is 0.154. The molecule has 1 heterocycles. The summed E-state index contributed by atoms with van der Waals surface area (Å²) in [6.07, 6.45) is 0. The van der Waals surface area contributed by atoms with Gasteiger partial charge in [-0.1, -0.05) is 5.16 Å². The first-order valence-corrected chi connectivity index (χ1v) is 3.41. The Morgan fingerprint density at radius 2 is 2.25 bits per heavy atom. The van der Waals surface area contributed by atoms with Crippen LogP contribution >= 0.6 is 0 Å². The van der Waals surface area contributed by atoms with Crippen LogP contribution < -0.4 is 10.2 Å². The van der Waals surface area contributed by atoms with Crippen LogP contribution in [0.1, 0.15) is 5.69 Å². The van der Waals surface area contributed by atoms with Crippen LogP contribution in [0.2, 0.25) is 0 Å². The van der Waals surface area contributed by atoms with Crippen molar-refractivity contribution in [2.24, 2.45) is 0 Å². The standard InChI is InChI=1S/C6H10N4O2/c1-4-5(9-12-8-4)10(3)6(11)7-2/h1-3H3,(H,7,11). The van der Waals surface area contributed by atoms with Gasteiger partial charge in [0.15, 0.2) is 0 Å². The molecule has 0 unspecified atom stereocenters. The summed E-state index contributed by atoms with van der Waals surface area (Å²) in [5.41, 5.74) is 0.584. The summed E-state index contributed by atoms with van der Waals surface area (Å²) in [6.45, 7) is 1.71. The van der Waals surface area contributed by atoms with Gasteiger partial charge in [-0.15, -0.1) is 0 Å². The molecule has 0 bridgehead atoms. The number of carbonyl (C=O) groups is 1. The van der Waals surface area contributed by atoms with Gasteiger partial charge in [0, 0.05) is 14.1 Å². The number of amides is 2. The van der Waals surface area contributed by atoms with E-state index in [0.29, 0.717) is 11.5 Å². The van der Waals surface area contributed by atoms with E-state index >= 15 is 0 Å². The zero-order valence-electron chi connectivity index (χ0n) is 7.16. The second-order valence-corrected chi connectivity index (χ2v) is 2.29. The lowest BCUT2D eigenvalue weighted by Gasteiger charge is -2.11. The molecule has 0 saturated carbocycles. The van der Waals surface area contributed by atoms with Crippen LogP contribution in [-0.4, -0.2) is 30.4 Å². The molecule has 0 aliphatic rings. The molecule has 0 spiro atoms. The second-order valence-electron chi connectivity index (χ2n) is 2.29. The SMILES string of the molecule is CNC(=O)N(C)c1nonc1C. The molecule has 0 saturated heterocycles. The van der Waals surface area contributed by atoms with E-state index in [-0.39, 0.29) is 6.03 Å². The number of aryl methyl sites for hydroxylation is 1. The first kappa shape index (κ1) is 8.51. The molecule has 0 aliphatic heterocycles. The maximum Gasteiger partial charge on any atom is 0.322 e. The number of hydrogen-bond acceptors (Lipinski definition) is 4. The number of rotatable bonds is 1. The van der Waals surface area contributed by atoms with Crippen molar-refractivity contribution in [1.29, 1.82) is 0 Å². The van der Waals surface area contributed by atoms with Crippen molar-refractivity contribution in [3.05, 3.63) is 5.69 Å². The molecule has 1 N–H and O–H groups in total. The fraction of sp³-hybridized carbons (Fsp3) is 0.500. The average molecular weight is 170 g/mol. The van der Waals surface area contributed by atoms with Crippen molar-refractivity contribution in [2.75, 3.05) is 19.0 Å². The molecule has 1 rings (SSSR count). The minimum absolute atomic E-state index is 0.256. The van der Waals surface area contributed by atoms with Crippen LogP contribution in [0.15, 0.2) is 4.63 Å². The number of aromatic nitrogens is 2. The van der Waals surface area contributed by atoms with Crippen LogP contribution in [0.25, 0.3) is 0 Å². The Hall–Kier alpha value is -1.59. The van der Waals surface area contributed by atoms with E-state index in [0.717, 1.165) is 0 Å². The lowest BCUT2D eigenvalue weighted by molar-refractivity contribution is 0.248. The highest BCUT2D eigenvalue weighted by Gasteiger charge is 2.15. The average Bonchev–Trinajstić information content (AvgIpc) is 2.48. The maximum absolute atomic E-state index is 11.1. The van der Waals surface area contributed by atoms with E-state index in [1.807, 2.05) is 0 Å². The summed E-state index contributed by atoms with van der Waals surface area (Å²) in [7, 11) is 3.13. The first-order valence-electron chi connectivity index (χ1n) is 3.41. The molecule has 0 radical (unpaired) electrons. The lowest BCUT2D eigenvalue weighted by atomic mass is 10.4. The number of nitrogens with zero attached hydrogens (tertiary/aromatic N) is 3. The largest absolute Gasteiger partial charge is 0.341 e. The fourth-order valence-electron chi connectivity index (χ4n) is 0.795. The number of carbonyl (C=O) groups excluding carboxylic acids is 1. The van der Waals surface area contributed by atoms with E-state index in [9.17, 15) is 4.79 Å². The monoisotopic (exact) mass is 170 g/mol. The summed E-state index contributed by atoms with van der Waals surface area (Å²) in [5, 5.41) is 9.57. The highest BCUT2D eigenvalue weighted by Crippen LogP contribution is 2.11. The second kappa shape index (κ2) is 3.21. The van der Waals surface area contributed by atoms with Gasteiger partial charge in [0.05, 0.1) is 0 Å². The van der Waals surface area contributed by atoms with Crippen LogP contribution in [0.3, 0.4) is 0 Å². The summed E-state index contributed by atoms with van der Waals surface area (Å²) in [4.78, 5) is 12.4. The van der Waals surface area contributed by atoms with E-state index in [1.54, 1.807) is 21.0 Å². The molecule has 6 heteroatoms. The highest BCUT2D eigenvalue weighted by atomic mass is 16.6. The van der Waals surface area contributed by atoms with Gasteiger partial charge in [0.2, 0.25) is 5.82 Å². The molecule has 12 heavy (non-hydrogen) atoms. The van der Waals surface area contributed by atoms with Crippen molar-refractivity contribution < 1.29 is 9.42 Å². The van der Waals surface area contributed by atoms with Crippen molar-refractivity contribution >= 4 is 11.8 Å². The third-order valence-corrected chi connectivity index (χ3v) is 1.46. The molecule has 0 fully saturated rings. The van der Waals surface area contributed by atoms with Gasteiger partial charge in [-0.3, -0.25) is 4.90 Å². The van der Waals surface area contributed by atoms with Gasteiger partial charge < -0.3 is 5.32 Å². The molecule has 0 aliphatic carbocycles. The molecule has 1 aromatic rings. The molecule has 6 nitrogen and oxygen atoms in total. The Kier molecular flexibility index (Phi) is 2.27. The molecular weight excluding hydrogens is 160 g/mol. The van der Waals surface area contributed by atoms with Crippen LogP contribution in [0.4, 0.5) is 10.6 Å². The molecule has 2 amide bonds. The molecule has 0 aromatic carbocycles. The van der Waals surface area contributed by atoms with Gasteiger partial charge in [-0.25, -0.2) is 9.42 Å². The molecule has 0 atom stereocenters. The Bertz CT molecular complexity index is 283. The van der Waals surface area contributed by atoms with Crippen LogP contribution in [0, 0.1) is 6.92 Å². The number of nitrogens with one attached hydrogen (secondary N) is 1. The molecule has 1 aromatic heterocycles. The fourth-order valence-corrected chi connectivity index (χ4v) is 0.795. The van der Waals surface area contributed by atoms with Gasteiger partial charge in [0.25, 0.3) is 0 Å². The number of hydrogen-bond donors (Lipinski definition) is 1. The van der Waals surface area contributed by atoms with Gasteiger partial charge in [-0.05, 0) is 12.1 Å². The van der Waals surface area contributed by atoms with E-state index < -0.39 is 0 Å². The summed E-state index contributed by atoms with van der Waals surface area (Å²) in [6, 6.07) is -0.256. The quantitative estimate of drug-likeness (QED) is 0.651.